The Morgan fingerprint density at radius 3 is 2.38 bits per heavy atom. The molecule has 0 aliphatic carbocycles. The van der Waals surface area contributed by atoms with Crippen molar-refractivity contribution in [3.8, 4) is 0 Å². The predicted octanol–water partition coefficient (Wildman–Crippen LogP) is 1.90. The molecule has 1 fully saturated rings. The lowest BCUT2D eigenvalue weighted by Gasteiger charge is -2.37. The average molecular weight is 364 g/mol. The fourth-order valence-electron chi connectivity index (χ4n) is 2.33. The van der Waals surface area contributed by atoms with Crippen LogP contribution in [0.2, 0.25) is 0 Å². The maximum atomic E-state index is 12.3. The zero-order valence-corrected chi connectivity index (χ0v) is 15.2. The Balaban J connectivity index is 1.96. The highest BCUT2D eigenvalue weighted by Gasteiger charge is 2.38. The first-order valence-corrected chi connectivity index (χ1v) is 8.36. The second kappa shape index (κ2) is 8.18. The molecule has 0 bridgehead atoms. The number of carboxylic acid groups (broad SMARTS) is 1. The number of hydrogen-bond acceptors (Lipinski definition) is 6. The van der Waals surface area contributed by atoms with Crippen LogP contribution in [0.1, 0.15) is 26.3 Å². The van der Waals surface area contributed by atoms with Crippen LogP contribution < -0.4 is 0 Å². The van der Waals surface area contributed by atoms with Gasteiger partial charge in [0, 0.05) is 6.54 Å². The van der Waals surface area contributed by atoms with Crippen molar-refractivity contribution in [1.82, 2.24) is 9.96 Å². The van der Waals surface area contributed by atoms with Crippen LogP contribution in [0.25, 0.3) is 0 Å². The van der Waals surface area contributed by atoms with Crippen LogP contribution in [-0.4, -0.2) is 58.8 Å². The number of amides is 1. The van der Waals surface area contributed by atoms with Crippen LogP contribution >= 0.6 is 0 Å². The summed E-state index contributed by atoms with van der Waals surface area (Å²) in [5, 5.41) is 10.7. The molecular formula is C18H24N2O6. The van der Waals surface area contributed by atoms with Gasteiger partial charge in [-0.3, -0.25) is 4.90 Å². The minimum Gasteiger partial charge on any atom is -0.480 e. The van der Waals surface area contributed by atoms with Gasteiger partial charge in [-0.05, 0) is 26.3 Å². The van der Waals surface area contributed by atoms with Crippen molar-refractivity contribution in [3.63, 3.8) is 0 Å². The van der Waals surface area contributed by atoms with Gasteiger partial charge in [0.15, 0.2) is 0 Å². The highest BCUT2D eigenvalue weighted by Crippen LogP contribution is 2.19. The van der Waals surface area contributed by atoms with Gasteiger partial charge in [-0.15, -0.1) is 5.06 Å². The van der Waals surface area contributed by atoms with Crippen molar-refractivity contribution in [1.29, 1.82) is 0 Å². The Morgan fingerprint density at radius 1 is 1.15 bits per heavy atom. The number of aliphatic carboxylic acids is 1. The lowest BCUT2D eigenvalue weighted by Crippen LogP contribution is -2.58. The maximum absolute atomic E-state index is 12.3. The summed E-state index contributed by atoms with van der Waals surface area (Å²) in [6, 6.07) is 7.97. The Kier molecular flexibility index (Phi) is 6.20. The Bertz CT molecular complexity index is 655. The highest BCUT2D eigenvalue weighted by atomic mass is 16.7. The lowest BCUT2D eigenvalue weighted by molar-refractivity contribution is -0.212. The third kappa shape index (κ3) is 5.19. The number of nitrogens with zero attached hydrogens (tertiary/aromatic N) is 2. The average Bonchev–Trinajstić information content (AvgIpc) is 2.59. The minimum atomic E-state index is -1.18. The van der Waals surface area contributed by atoms with Gasteiger partial charge in [0.1, 0.15) is 12.6 Å². The van der Waals surface area contributed by atoms with Crippen LogP contribution in [-0.2, 0) is 25.8 Å². The molecule has 0 unspecified atom stereocenters. The molecule has 0 radical (unpaired) electrons. The summed E-state index contributed by atoms with van der Waals surface area (Å²) in [5.74, 6) is -1.64. The fourth-order valence-corrected chi connectivity index (χ4v) is 2.33. The molecule has 0 spiro atoms. The molecule has 1 aromatic carbocycles. The fraction of sp³-hybridized carbons (Fsp3) is 0.500. The molecule has 1 aliphatic rings. The third-order valence-electron chi connectivity index (χ3n) is 3.89. The maximum Gasteiger partial charge on any atom is 0.410 e. The highest BCUT2D eigenvalue weighted by molar-refractivity contribution is 5.80. The SMILES string of the molecule is CC(C)(C)C(=O)ON1CCN(C(=O)OCc2ccccc2)[C@H](C(=O)O)C1. The molecule has 8 nitrogen and oxygen atoms in total. The number of carbonyl (C=O) groups is 3. The minimum absolute atomic E-state index is 0.0608. The second-order valence-corrected chi connectivity index (χ2v) is 7.10. The van der Waals surface area contributed by atoms with Crippen LogP contribution in [0.15, 0.2) is 30.3 Å². The van der Waals surface area contributed by atoms with Crippen LogP contribution in [0.4, 0.5) is 4.79 Å². The first-order chi connectivity index (χ1) is 12.2. The van der Waals surface area contributed by atoms with Gasteiger partial charge in [-0.2, -0.15) is 0 Å². The molecule has 1 aromatic rings. The van der Waals surface area contributed by atoms with E-state index >= 15 is 0 Å². The molecule has 2 rings (SSSR count). The smallest absolute Gasteiger partial charge is 0.410 e. The van der Waals surface area contributed by atoms with Gasteiger partial charge in [-0.25, -0.2) is 14.4 Å². The monoisotopic (exact) mass is 364 g/mol. The van der Waals surface area contributed by atoms with Crippen LogP contribution in [0.5, 0.6) is 0 Å². The van der Waals surface area contributed by atoms with Crippen molar-refractivity contribution in [3.05, 3.63) is 35.9 Å². The van der Waals surface area contributed by atoms with E-state index in [1.54, 1.807) is 20.8 Å². The van der Waals surface area contributed by atoms with E-state index in [0.717, 1.165) is 10.5 Å². The van der Waals surface area contributed by atoms with Crippen molar-refractivity contribution >= 4 is 18.0 Å². The van der Waals surface area contributed by atoms with Gasteiger partial charge in [-0.1, -0.05) is 30.3 Å². The molecule has 1 amide bonds. The zero-order valence-electron chi connectivity index (χ0n) is 15.2. The number of carbonyl (C=O) groups excluding carboxylic acids is 2. The number of piperazine rings is 1. The Labute approximate surface area is 152 Å². The lowest BCUT2D eigenvalue weighted by atomic mass is 9.98. The number of benzene rings is 1. The van der Waals surface area contributed by atoms with E-state index in [1.807, 2.05) is 30.3 Å². The van der Waals surface area contributed by atoms with E-state index in [-0.39, 0.29) is 26.2 Å². The largest absolute Gasteiger partial charge is 0.480 e. The van der Waals surface area contributed by atoms with E-state index < -0.39 is 29.5 Å². The normalized spacial score (nSPS) is 18.3. The van der Waals surface area contributed by atoms with Gasteiger partial charge in [0.25, 0.3) is 0 Å². The predicted molar refractivity (Wildman–Crippen MR) is 91.9 cm³/mol. The molecule has 1 N–H and O–H groups in total. The molecular weight excluding hydrogens is 340 g/mol. The quantitative estimate of drug-likeness (QED) is 0.871. The van der Waals surface area contributed by atoms with Crippen LogP contribution in [0, 0.1) is 5.41 Å². The number of carboxylic acids is 1. The number of hydrogen-bond donors (Lipinski definition) is 1. The summed E-state index contributed by atoms with van der Waals surface area (Å²) in [7, 11) is 0. The van der Waals surface area contributed by atoms with Gasteiger partial charge in [0.2, 0.25) is 0 Å². The topological polar surface area (TPSA) is 96.4 Å². The molecule has 142 valence electrons. The van der Waals surface area contributed by atoms with E-state index in [2.05, 4.69) is 0 Å². The summed E-state index contributed by atoms with van der Waals surface area (Å²) in [5.41, 5.74) is 0.107. The number of hydroxylamine groups is 2. The summed E-state index contributed by atoms with van der Waals surface area (Å²) in [6.45, 7) is 5.38. The van der Waals surface area contributed by atoms with Crippen molar-refractivity contribution < 1.29 is 29.1 Å². The van der Waals surface area contributed by atoms with Crippen molar-refractivity contribution in [2.45, 2.75) is 33.4 Å². The first kappa shape index (κ1) is 19.7. The number of rotatable bonds is 4. The van der Waals surface area contributed by atoms with Gasteiger partial charge in [0.05, 0.1) is 18.5 Å². The Morgan fingerprint density at radius 2 is 1.81 bits per heavy atom. The zero-order chi connectivity index (χ0) is 19.3. The summed E-state index contributed by atoms with van der Waals surface area (Å²) in [4.78, 5) is 42.2. The number of ether oxygens (including phenoxy) is 1. The molecule has 1 saturated heterocycles. The van der Waals surface area contributed by atoms with Crippen molar-refractivity contribution in [2.24, 2.45) is 5.41 Å². The molecule has 8 heteroatoms. The first-order valence-electron chi connectivity index (χ1n) is 8.36. The third-order valence-corrected chi connectivity index (χ3v) is 3.89. The van der Waals surface area contributed by atoms with E-state index in [1.165, 1.54) is 5.06 Å². The summed E-state index contributed by atoms with van der Waals surface area (Å²) in [6.07, 6.45) is -0.706. The standard InChI is InChI=1S/C18H24N2O6/c1-18(2,3)16(23)26-19-9-10-20(14(11-19)15(21)22)17(24)25-12-13-7-5-4-6-8-13/h4-8,14H,9-12H2,1-3H3,(H,21,22)/t14-/m0/s1. The molecule has 1 atom stereocenters. The summed E-state index contributed by atoms with van der Waals surface area (Å²) >= 11 is 0. The summed E-state index contributed by atoms with van der Waals surface area (Å²) < 4.78 is 5.22. The molecule has 1 aliphatic heterocycles. The van der Waals surface area contributed by atoms with E-state index in [4.69, 9.17) is 9.57 Å². The van der Waals surface area contributed by atoms with Gasteiger partial charge >= 0.3 is 18.0 Å². The molecule has 0 saturated carbocycles. The van der Waals surface area contributed by atoms with E-state index in [0.29, 0.717) is 0 Å². The Hall–Kier alpha value is -2.61. The molecule has 1 heterocycles. The second-order valence-electron chi connectivity index (χ2n) is 7.10. The van der Waals surface area contributed by atoms with Gasteiger partial charge < -0.3 is 14.7 Å². The van der Waals surface area contributed by atoms with Crippen molar-refractivity contribution in [2.75, 3.05) is 19.6 Å². The molecule has 0 aromatic heterocycles. The van der Waals surface area contributed by atoms with Crippen LogP contribution in [0.3, 0.4) is 0 Å². The molecule has 26 heavy (non-hydrogen) atoms. The van der Waals surface area contributed by atoms with E-state index in [9.17, 15) is 19.5 Å².